The van der Waals surface area contributed by atoms with Crippen LogP contribution in [0.2, 0.25) is 0 Å². The highest BCUT2D eigenvalue weighted by Gasteiger charge is 2.09. The monoisotopic (exact) mass is 818 g/mol. The molecule has 0 aliphatic carbocycles. The average molecular weight is 819 g/mol. The molecule has 4 rings (SSSR count). The molecule has 0 aliphatic heterocycles. The number of unbranched alkanes of at least 4 members (excludes halogenated alkanes) is 4. The first-order valence-electron chi connectivity index (χ1n) is 20.8. The van der Waals surface area contributed by atoms with Gasteiger partial charge in [0.15, 0.2) is 0 Å². The van der Waals surface area contributed by atoms with E-state index >= 15 is 0 Å². The number of esters is 3. The Morgan fingerprint density at radius 2 is 0.900 bits per heavy atom. The first-order valence-corrected chi connectivity index (χ1v) is 20.8. The van der Waals surface area contributed by atoms with Gasteiger partial charge in [-0.15, -0.1) is 0 Å². The predicted octanol–water partition coefficient (Wildman–Crippen LogP) is 10.0. The minimum atomic E-state index is -0.500. The van der Waals surface area contributed by atoms with Gasteiger partial charge in [-0.2, -0.15) is 0 Å². The van der Waals surface area contributed by atoms with E-state index in [1.54, 1.807) is 38.1 Å². The molecule has 9 nitrogen and oxygen atoms in total. The van der Waals surface area contributed by atoms with Gasteiger partial charge in [-0.05, 0) is 160 Å². The molecule has 4 aromatic carbocycles. The quantitative estimate of drug-likeness (QED) is 0.0273. The topological polar surface area (TPSA) is 140 Å². The van der Waals surface area contributed by atoms with Crippen LogP contribution in [0.15, 0.2) is 122 Å². The molecule has 0 amide bonds. The molecule has 0 atom stereocenters. The van der Waals surface area contributed by atoms with Gasteiger partial charge in [0, 0.05) is 30.4 Å². The second kappa shape index (κ2) is 27.1. The van der Waals surface area contributed by atoms with E-state index in [9.17, 15) is 19.5 Å². The minimum Gasteiger partial charge on any atom is -0.508 e. The van der Waals surface area contributed by atoms with E-state index in [0.717, 1.165) is 105 Å². The number of phenols is 1. The molecule has 60 heavy (non-hydrogen) atoms. The SMILES string of the molecule is C=CC(=O)Oc1ccc(-c2cc(CCCCOC(=O)C(=C)C)cc(CCCCOC(=O)C(=C)C)c2)cc1.OCCCCc1cc(CCCCO)cc(-c2ccc(O)cc2)c1. The molecule has 320 valence electrons. The Hall–Kier alpha value is -5.77. The highest BCUT2D eigenvalue weighted by molar-refractivity contribution is 5.87. The van der Waals surface area contributed by atoms with E-state index in [4.69, 9.17) is 24.4 Å². The molecule has 0 radical (unpaired) electrons. The second-order valence-corrected chi connectivity index (χ2v) is 14.9. The van der Waals surface area contributed by atoms with Crippen LogP contribution in [-0.2, 0) is 49.5 Å². The molecule has 9 heteroatoms. The third kappa shape index (κ3) is 18.4. The van der Waals surface area contributed by atoms with Crippen LogP contribution in [0.1, 0.15) is 87.5 Å². The number of carbonyl (C=O) groups is 3. The highest BCUT2D eigenvalue weighted by atomic mass is 16.5. The summed E-state index contributed by atoms with van der Waals surface area (Å²) in [5.41, 5.74) is 10.1. The fraction of sp³-hybridized carbons (Fsp3) is 0.353. The van der Waals surface area contributed by atoms with E-state index in [2.05, 4.69) is 56.1 Å². The number of benzene rings is 4. The summed E-state index contributed by atoms with van der Waals surface area (Å²) < 4.78 is 15.6. The number of hydrogen-bond acceptors (Lipinski definition) is 9. The van der Waals surface area contributed by atoms with Crippen molar-refractivity contribution in [3.63, 3.8) is 0 Å². The zero-order valence-electron chi connectivity index (χ0n) is 35.4. The summed E-state index contributed by atoms with van der Waals surface area (Å²) in [6.07, 6.45) is 11.6. The van der Waals surface area contributed by atoms with Crippen molar-refractivity contribution in [2.45, 2.75) is 90.9 Å². The Balaban J connectivity index is 0.000000357. The first-order chi connectivity index (χ1) is 28.9. The smallest absolute Gasteiger partial charge is 0.335 e. The summed E-state index contributed by atoms with van der Waals surface area (Å²) in [5.74, 6) is -0.490. The van der Waals surface area contributed by atoms with Crippen LogP contribution in [-0.4, -0.2) is 59.7 Å². The number of aliphatic hydroxyl groups excluding tert-OH is 2. The van der Waals surface area contributed by atoms with Crippen molar-refractivity contribution in [2.75, 3.05) is 26.4 Å². The summed E-state index contributed by atoms with van der Waals surface area (Å²) in [7, 11) is 0. The molecule has 0 saturated carbocycles. The van der Waals surface area contributed by atoms with E-state index in [-0.39, 0.29) is 30.9 Å². The lowest BCUT2D eigenvalue weighted by Crippen LogP contribution is -2.06. The van der Waals surface area contributed by atoms with Gasteiger partial charge in [-0.1, -0.05) is 80.4 Å². The summed E-state index contributed by atoms with van der Waals surface area (Å²) in [6.45, 7) is 15.1. The number of rotatable bonds is 24. The van der Waals surface area contributed by atoms with Gasteiger partial charge >= 0.3 is 17.9 Å². The van der Waals surface area contributed by atoms with Gasteiger partial charge in [-0.25, -0.2) is 14.4 Å². The van der Waals surface area contributed by atoms with Gasteiger partial charge in [0.2, 0.25) is 0 Å². The average Bonchev–Trinajstić information content (AvgIpc) is 3.24. The molecule has 0 spiro atoms. The Morgan fingerprint density at radius 3 is 1.25 bits per heavy atom. The maximum absolute atomic E-state index is 11.6. The zero-order valence-corrected chi connectivity index (χ0v) is 35.4. The molecular weight excluding hydrogens is 757 g/mol. The number of aromatic hydroxyl groups is 1. The van der Waals surface area contributed by atoms with E-state index < -0.39 is 5.97 Å². The van der Waals surface area contributed by atoms with Crippen molar-refractivity contribution in [2.24, 2.45) is 0 Å². The first kappa shape index (κ1) is 48.6. The lowest BCUT2D eigenvalue weighted by molar-refractivity contribution is -0.139. The van der Waals surface area contributed by atoms with Crippen LogP contribution in [0.5, 0.6) is 11.5 Å². The molecule has 0 heterocycles. The van der Waals surface area contributed by atoms with Crippen molar-refractivity contribution in [1.82, 2.24) is 0 Å². The van der Waals surface area contributed by atoms with Gasteiger partial charge in [0.25, 0.3) is 0 Å². The molecule has 4 aromatic rings. The van der Waals surface area contributed by atoms with Crippen LogP contribution >= 0.6 is 0 Å². The van der Waals surface area contributed by atoms with Crippen LogP contribution in [0.3, 0.4) is 0 Å². The Labute approximate surface area is 356 Å². The van der Waals surface area contributed by atoms with E-state index in [1.807, 2.05) is 24.3 Å². The predicted molar refractivity (Wildman–Crippen MR) is 239 cm³/mol. The molecule has 0 saturated heterocycles. The molecule has 3 N–H and O–H groups in total. The Kier molecular flexibility index (Phi) is 21.9. The standard InChI is InChI=1S/C31H36O6.C20H26O3/c1-6-29(32)37-28-15-13-26(14-16-28)27-20-24(11-7-9-17-35-30(33)22(2)3)19-25(21-27)12-8-10-18-36-31(34)23(4)5;21-11-3-1-5-16-13-17(6-2-4-12-22)15-19(14-16)18-7-9-20(23)10-8-18/h6,13-16,19-21H,1-2,4,7-12,17-18H2,3,5H3;7-10,13-15,21-23H,1-6,11-12H2. The fourth-order valence-electron chi connectivity index (χ4n) is 6.28. The summed E-state index contributed by atoms with van der Waals surface area (Å²) in [4.78, 5) is 34.6. The van der Waals surface area contributed by atoms with Gasteiger partial charge < -0.3 is 29.5 Å². The number of hydrogen-bond donors (Lipinski definition) is 3. The van der Waals surface area contributed by atoms with Gasteiger partial charge in [-0.3, -0.25) is 0 Å². The third-order valence-corrected chi connectivity index (χ3v) is 9.51. The highest BCUT2D eigenvalue weighted by Crippen LogP contribution is 2.28. The fourth-order valence-corrected chi connectivity index (χ4v) is 6.28. The van der Waals surface area contributed by atoms with E-state index in [1.165, 1.54) is 22.3 Å². The number of aryl methyl sites for hydroxylation is 4. The zero-order chi connectivity index (χ0) is 43.7. The van der Waals surface area contributed by atoms with Crippen molar-refractivity contribution < 1.29 is 43.9 Å². The number of ether oxygens (including phenoxy) is 3. The van der Waals surface area contributed by atoms with Crippen LogP contribution < -0.4 is 4.74 Å². The molecule has 0 aliphatic rings. The molecule has 0 aromatic heterocycles. The van der Waals surface area contributed by atoms with Crippen molar-refractivity contribution in [1.29, 1.82) is 0 Å². The van der Waals surface area contributed by atoms with Crippen LogP contribution in [0, 0.1) is 0 Å². The van der Waals surface area contributed by atoms with Crippen molar-refractivity contribution in [3.05, 3.63) is 144 Å². The van der Waals surface area contributed by atoms with Crippen LogP contribution in [0.4, 0.5) is 0 Å². The van der Waals surface area contributed by atoms with Crippen molar-refractivity contribution in [3.8, 4) is 33.8 Å². The Bertz CT molecular complexity index is 1910. The summed E-state index contributed by atoms with van der Waals surface area (Å²) in [6, 6.07) is 27.8. The molecule has 0 unspecified atom stereocenters. The number of aliphatic hydroxyl groups is 2. The molecular formula is C51H62O9. The maximum Gasteiger partial charge on any atom is 0.335 e. The number of carbonyl (C=O) groups excluding carboxylic acids is 3. The van der Waals surface area contributed by atoms with Gasteiger partial charge in [0.05, 0.1) is 13.2 Å². The van der Waals surface area contributed by atoms with E-state index in [0.29, 0.717) is 30.1 Å². The van der Waals surface area contributed by atoms with Gasteiger partial charge in [0.1, 0.15) is 11.5 Å². The minimum absolute atomic E-state index is 0.237. The third-order valence-electron chi connectivity index (χ3n) is 9.51. The summed E-state index contributed by atoms with van der Waals surface area (Å²) in [5, 5.41) is 27.4. The molecule has 0 bridgehead atoms. The maximum atomic E-state index is 11.6. The lowest BCUT2D eigenvalue weighted by atomic mass is 9.95. The summed E-state index contributed by atoms with van der Waals surface area (Å²) >= 11 is 0. The van der Waals surface area contributed by atoms with Crippen molar-refractivity contribution >= 4 is 17.9 Å². The number of phenolic OH excluding ortho intramolecular Hbond substituents is 1. The normalized spacial score (nSPS) is 10.5. The Morgan fingerprint density at radius 1 is 0.533 bits per heavy atom. The second-order valence-electron chi connectivity index (χ2n) is 14.9. The lowest BCUT2D eigenvalue weighted by Gasteiger charge is -2.12. The van der Waals surface area contributed by atoms with Crippen LogP contribution in [0.25, 0.3) is 22.3 Å². The largest absolute Gasteiger partial charge is 0.508 e. The molecule has 0 fully saturated rings.